The highest BCUT2D eigenvalue weighted by Gasteiger charge is 2.41. The monoisotopic (exact) mass is 370 g/mol. The Balaban J connectivity index is 5.14. The Morgan fingerprint density at radius 1 is 1.08 bits per heavy atom. The number of carbonyl (C=O) groups is 2. The molecule has 0 aliphatic heterocycles. The average Bonchev–Trinajstić information content (AvgIpc) is 2.51. The van der Waals surface area contributed by atoms with E-state index in [1.54, 1.807) is 19.2 Å². The molecule has 0 spiro atoms. The van der Waals surface area contributed by atoms with E-state index in [0.717, 1.165) is 12.8 Å². The summed E-state index contributed by atoms with van der Waals surface area (Å²) in [6.45, 7) is 5.47. The van der Waals surface area contributed by atoms with Crippen LogP contribution >= 0.6 is 0 Å². The van der Waals surface area contributed by atoms with Crippen molar-refractivity contribution in [3.05, 3.63) is 0 Å². The lowest BCUT2D eigenvalue weighted by Crippen LogP contribution is -2.55. The first kappa shape index (κ1) is 23.6. The van der Waals surface area contributed by atoms with Crippen LogP contribution in [-0.4, -0.2) is 50.6 Å². The number of amides is 2. The highest BCUT2D eigenvalue weighted by atomic mass is 19.4. The summed E-state index contributed by atoms with van der Waals surface area (Å²) in [6.07, 6.45) is -3.51. The van der Waals surface area contributed by atoms with Crippen molar-refractivity contribution in [2.45, 2.75) is 71.0 Å². The number of hydrogen-bond acceptors (Lipinski definition) is 4. The third kappa shape index (κ3) is 9.06. The molecule has 0 saturated heterocycles. The number of alkyl halides is 3. The van der Waals surface area contributed by atoms with Gasteiger partial charge in [-0.2, -0.15) is 13.2 Å². The first-order chi connectivity index (χ1) is 11.6. The van der Waals surface area contributed by atoms with Gasteiger partial charge >= 0.3 is 12.1 Å². The van der Waals surface area contributed by atoms with Crippen molar-refractivity contribution >= 4 is 11.8 Å². The lowest BCUT2D eigenvalue weighted by Gasteiger charge is -2.28. The molecule has 0 aromatic rings. The van der Waals surface area contributed by atoms with Gasteiger partial charge in [0, 0.05) is 14.2 Å². The average molecular weight is 370 g/mol. The van der Waals surface area contributed by atoms with E-state index in [1.165, 1.54) is 14.2 Å². The van der Waals surface area contributed by atoms with Crippen molar-refractivity contribution in [2.75, 3.05) is 14.2 Å². The molecule has 2 amide bonds. The topological polar surface area (TPSA) is 76.7 Å². The summed E-state index contributed by atoms with van der Waals surface area (Å²) >= 11 is 0. The zero-order chi connectivity index (χ0) is 19.6. The van der Waals surface area contributed by atoms with E-state index in [1.807, 2.05) is 6.92 Å². The predicted octanol–water partition coefficient (Wildman–Crippen LogP) is 2.37. The maximum Gasteiger partial charge on any atom is 0.471 e. The summed E-state index contributed by atoms with van der Waals surface area (Å²) in [5, 5.41) is 4.41. The number of ether oxygens (including phenoxy) is 2. The van der Waals surface area contributed by atoms with Crippen molar-refractivity contribution in [1.29, 1.82) is 0 Å². The maximum absolute atomic E-state index is 12.5. The maximum atomic E-state index is 12.5. The molecule has 0 saturated carbocycles. The molecular weight excluding hydrogens is 341 g/mol. The van der Waals surface area contributed by atoms with Crippen LogP contribution in [0, 0.1) is 5.92 Å². The number of carbonyl (C=O) groups excluding carboxylic acids is 2. The van der Waals surface area contributed by atoms with E-state index < -0.39 is 36.4 Å². The second-order valence-corrected chi connectivity index (χ2v) is 6.25. The molecule has 2 atom stereocenters. The van der Waals surface area contributed by atoms with Crippen LogP contribution in [0.25, 0.3) is 0 Å². The van der Waals surface area contributed by atoms with Gasteiger partial charge in [0.05, 0.1) is 6.04 Å². The molecule has 9 heteroatoms. The van der Waals surface area contributed by atoms with Gasteiger partial charge in [-0.1, -0.05) is 33.6 Å². The number of unbranched alkanes of at least 4 members (excludes halogenated alkanes) is 1. The van der Waals surface area contributed by atoms with Crippen LogP contribution in [0.4, 0.5) is 13.2 Å². The second-order valence-electron chi connectivity index (χ2n) is 6.25. The van der Waals surface area contributed by atoms with Gasteiger partial charge in [0.2, 0.25) is 5.91 Å². The van der Waals surface area contributed by atoms with E-state index in [9.17, 15) is 22.8 Å². The Hall–Kier alpha value is -1.35. The van der Waals surface area contributed by atoms with E-state index in [2.05, 4.69) is 5.32 Å². The molecule has 25 heavy (non-hydrogen) atoms. The summed E-state index contributed by atoms with van der Waals surface area (Å²) in [7, 11) is 2.83. The summed E-state index contributed by atoms with van der Waals surface area (Å²) in [6, 6.07) is -1.81. The summed E-state index contributed by atoms with van der Waals surface area (Å²) < 4.78 is 47.8. The Bertz CT molecular complexity index is 413. The van der Waals surface area contributed by atoms with Crippen molar-refractivity contribution in [2.24, 2.45) is 5.92 Å². The minimum atomic E-state index is -5.04. The predicted molar refractivity (Wildman–Crippen MR) is 86.7 cm³/mol. The van der Waals surface area contributed by atoms with Gasteiger partial charge in [0.1, 0.15) is 6.04 Å². The molecule has 0 aromatic carbocycles. The van der Waals surface area contributed by atoms with Crippen LogP contribution in [0.15, 0.2) is 0 Å². The largest absolute Gasteiger partial charge is 0.471 e. The van der Waals surface area contributed by atoms with Gasteiger partial charge in [-0.3, -0.25) is 9.59 Å². The Kier molecular flexibility index (Phi) is 10.7. The third-order valence-corrected chi connectivity index (χ3v) is 3.58. The molecule has 0 bridgehead atoms. The van der Waals surface area contributed by atoms with Crippen LogP contribution < -0.4 is 10.6 Å². The lowest BCUT2D eigenvalue weighted by molar-refractivity contribution is -0.175. The molecule has 0 radical (unpaired) electrons. The minimum absolute atomic E-state index is 0.0821. The van der Waals surface area contributed by atoms with E-state index in [-0.39, 0.29) is 12.3 Å². The van der Waals surface area contributed by atoms with Gasteiger partial charge in [-0.05, 0) is 18.8 Å². The molecule has 0 rings (SSSR count). The van der Waals surface area contributed by atoms with Gasteiger partial charge in [-0.25, -0.2) is 0 Å². The second kappa shape index (κ2) is 11.3. The van der Waals surface area contributed by atoms with Gasteiger partial charge in [-0.15, -0.1) is 0 Å². The van der Waals surface area contributed by atoms with E-state index >= 15 is 0 Å². The zero-order valence-electron chi connectivity index (χ0n) is 15.4. The Labute approximate surface area is 146 Å². The molecule has 0 aliphatic rings. The smallest absolute Gasteiger partial charge is 0.354 e. The van der Waals surface area contributed by atoms with Crippen molar-refractivity contribution in [3.8, 4) is 0 Å². The van der Waals surface area contributed by atoms with E-state index in [4.69, 9.17) is 9.47 Å². The van der Waals surface area contributed by atoms with Gasteiger partial charge in [0.15, 0.2) is 6.29 Å². The molecule has 0 heterocycles. The van der Waals surface area contributed by atoms with Crippen LogP contribution in [0.1, 0.15) is 46.5 Å². The molecular formula is C16H29F3N2O4. The van der Waals surface area contributed by atoms with Crippen LogP contribution in [0.5, 0.6) is 0 Å². The van der Waals surface area contributed by atoms with Gasteiger partial charge in [0.25, 0.3) is 0 Å². The normalized spacial score (nSPS) is 14.5. The summed E-state index contributed by atoms with van der Waals surface area (Å²) in [4.78, 5) is 23.6. The number of halogens is 3. The molecule has 0 fully saturated rings. The molecule has 0 aliphatic carbocycles. The number of hydrogen-bond donors (Lipinski definition) is 2. The molecule has 6 nitrogen and oxygen atoms in total. The van der Waals surface area contributed by atoms with Gasteiger partial charge < -0.3 is 20.1 Å². The fraction of sp³-hybridized carbons (Fsp3) is 0.875. The summed E-state index contributed by atoms with van der Waals surface area (Å²) in [5.41, 5.74) is 0. The van der Waals surface area contributed by atoms with Crippen molar-refractivity contribution in [3.63, 3.8) is 0 Å². The minimum Gasteiger partial charge on any atom is -0.354 e. The highest BCUT2D eigenvalue weighted by Crippen LogP contribution is 2.16. The number of nitrogens with one attached hydrogen (secondary N) is 2. The Morgan fingerprint density at radius 2 is 1.64 bits per heavy atom. The molecule has 0 aromatic heterocycles. The standard InChI is InChI=1S/C16H29F3N2O4/c1-6-7-8-11(14(24-4)25-5)20-13(22)12(9-10(2)3)21-15(23)16(17,18)19/h10-12,14H,6-9H2,1-5H3,(H,20,22)(H,21,23)/t11?,12-/m0/s1. The van der Waals surface area contributed by atoms with Crippen molar-refractivity contribution in [1.82, 2.24) is 10.6 Å². The van der Waals surface area contributed by atoms with Crippen LogP contribution in [-0.2, 0) is 19.1 Å². The summed E-state index contributed by atoms with van der Waals surface area (Å²) in [5.74, 6) is -2.90. The number of rotatable bonds is 11. The number of methoxy groups -OCH3 is 2. The SMILES string of the molecule is CCCCC(NC(=O)[C@H](CC(C)C)NC(=O)C(F)(F)F)C(OC)OC. The molecule has 1 unspecified atom stereocenters. The van der Waals surface area contributed by atoms with Crippen LogP contribution in [0.2, 0.25) is 0 Å². The van der Waals surface area contributed by atoms with E-state index in [0.29, 0.717) is 6.42 Å². The zero-order valence-corrected chi connectivity index (χ0v) is 15.4. The molecule has 2 N–H and O–H groups in total. The first-order valence-electron chi connectivity index (χ1n) is 8.30. The first-order valence-corrected chi connectivity index (χ1v) is 8.30. The Morgan fingerprint density at radius 3 is 2.04 bits per heavy atom. The lowest BCUT2D eigenvalue weighted by atomic mass is 10.0. The quantitative estimate of drug-likeness (QED) is 0.548. The fourth-order valence-electron chi connectivity index (χ4n) is 2.35. The third-order valence-electron chi connectivity index (χ3n) is 3.58. The van der Waals surface area contributed by atoms with Crippen LogP contribution in [0.3, 0.4) is 0 Å². The fourth-order valence-corrected chi connectivity index (χ4v) is 2.35. The molecule has 148 valence electrons. The van der Waals surface area contributed by atoms with Crippen molar-refractivity contribution < 1.29 is 32.2 Å². The highest BCUT2D eigenvalue weighted by molar-refractivity contribution is 5.89.